The summed E-state index contributed by atoms with van der Waals surface area (Å²) in [5.41, 5.74) is 11.4. The molecule has 1 heterocycles. The zero-order chi connectivity index (χ0) is 17.1. The molecule has 0 aliphatic carbocycles. The molecule has 0 saturated heterocycles. The van der Waals surface area contributed by atoms with E-state index in [1.165, 1.54) is 18.5 Å². The van der Waals surface area contributed by atoms with E-state index >= 15 is 0 Å². The zero-order valence-corrected chi connectivity index (χ0v) is 12.5. The van der Waals surface area contributed by atoms with E-state index in [9.17, 15) is 4.39 Å². The molecule has 0 unspecified atom stereocenters. The standard InChI is InChI=1S/C17H14FN5O/c18-13-8-11(24-10-4-2-1-3-5-10)6-7-12(13)15(19)14-16(20)22-9-23-17(14)21/h1-9,19H,(H4,20,21,22,23). The van der Waals surface area contributed by atoms with Gasteiger partial charge in [0, 0.05) is 11.6 Å². The fraction of sp³-hybridized carbons (Fsp3) is 0. The van der Waals surface area contributed by atoms with Gasteiger partial charge in [-0.1, -0.05) is 18.2 Å². The Morgan fingerprint density at radius 1 is 0.958 bits per heavy atom. The number of nitrogens with one attached hydrogen (secondary N) is 1. The Morgan fingerprint density at radius 3 is 2.25 bits per heavy atom. The maximum absolute atomic E-state index is 14.4. The minimum Gasteiger partial charge on any atom is -0.457 e. The number of ether oxygens (including phenoxy) is 1. The number of halogens is 1. The van der Waals surface area contributed by atoms with Gasteiger partial charge in [0.15, 0.2) is 0 Å². The number of benzene rings is 2. The van der Waals surface area contributed by atoms with Crippen LogP contribution in [0.1, 0.15) is 11.1 Å². The molecule has 6 nitrogen and oxygen atoms in total. The molecule has 0 radical (unpaired) electrons. The van der Waals surface area contributed by atoms with Crippen LogP contribution in [0.25, 0.3) is 0 Å². The second-order valence-corrected chi connectivity index (χ2v) is 4.95. The Hall–Kier alpha value is -3.48. The molecular weight excluding hydrogens is 309 g/mol. The summed E-state index contributed by atoms with van der Waals surface area (Å²) in [6, 6.07) is 13.2. The van der Waals surface area contributed by atoms with Crippen LogP contribution in [0.4, 0.5) is 16.0 Å². The van der Waals surface area contributed by atoms with Crippen molar-refractivity contribution in [3.8, 4) is 11.5 Å². The summed E-state index contributed by atoms with van der Waals surface area (Å²) < 4.78 is 20.0. The lowest BCUT2D eigenvalue weighted by Gasteiger charge is -2.11. The number of rotatable bonds is 4. The molecule has 0 bridgehead atoms. The summed E-state index contributed by atoms with van der Waals surface area (Å²) in [5.74, 6) is 0.328. The van der Waals surface area contributed by atoms with E-state index in [4.69, 9.17) is 21.6 Å². The van der Waals surface area contributed by atoms with Crippen molar-refractivity contribution in [1.82, 2.24) is 9.97 Å². The average molecular weight is 323 g/mol. The quantitative estimate of drug-likeness (QED) is 0.639. The first-order valence-electron chi connectivity index (χ1n) is 7.04. The molecular formula is C17H14FN5O. The first-order valence-corrected chi connectivity index (χ1v) is 7.04. The molecule has 2 aromatic carbocycles. The number of aromatic nitrogens is 2. The Bertz CT molecular complexity index is 878. The number of nitrogens with zero attached hydrogens (tertiary/aromatic N) is 2. The van der Waals surface area contributed by atoms with Crippen molar-refractivity contribution < 1.29 is 9.13 Å². The van der Waals surface area contributed by atoms with Gasteiger partial charge in [0.1, 0.15) is 35.3 Å². The van der Waals surface area contributed by atoms with E-state index in [1.54, 1.807) is 18.2 Å². The molecule has 3 rings (SSSR count). The third-order valence-electron chi connectivity index (χ3n) is 3.34. The first-order chi connectivity index (χ1) is 11.6. The lowest BCUT2D eigenvalue weighted by atomic mass is 10.0. The van der Waals surface area contributed by atoms with Crippen LogP contribution >= 0.6 is 0 Å². The predicted octanol–water partition coefficient (Wildman–Crippen LogP) is 2.99. The monoisotopic (exact) mass is 323 g/mol. The smallest absolute Gasteiger partial charge is 0.138 e. The zero-order valence-electron chi connectivity index (χ0n) is 12.5. The van der Waals surface area contributed by atoms with Gasteiger partial charge in [-0.2, -0.15) is 0 Å². The van der Waals surface area contributed by atoms with Crippen molar-refractivity contribution in [2.75, 3.05) is 11.5 Å². The van der Waals surface area contributed by atoms with Crippen LogP contribution in [0.3, 0.4) is 0 Å². The Morgan fingerprint density at radius 2 is 1.62 bits per heavy atom. The molecule has 0 atom stereocenters. The van der Waals surface area contributed by atoms with Gasteiger partial charge < -0.3 is 16.2 Å². The van der Waals surface area contributed by atoms with Gasteiger partial charge in [0.2, 0.25) is 0 Å². The highest BCUT2D eigenvalue weighted by Gasteiger charge is 2.18. The number of para-hydroxylation sites is 1. The van der Waals surface area contributed by atoms with Crippen LogP contribution in [-0.4, -0.2) is 15.7 Å². The molecule has 0 saturated carbocycles. The lowest BCUT2D eigenvalue weighted by molar-refractivity contribution is 0.476. The van der Waals surface area contributed by atoms with Gasteiger partial charge >= 0.3 is 0 Å². The van der Waals surface area contributed by atoms with Crippen LogP contribution in [0.2, 0.25) is 0 Å². The van der Waals surface area contributed by atoms with Crippen LogP contribution in [0.15, 0.2) is 54.9 Å². The van der Waals surface area contributed by atoms with E-state index in [-0.39, 0.29) is 28.5 Å². The van der Waals surface area contributed by atoms with Gasteiger partial charge in [0.05, 0.1) is 11.3 Å². The molecule has 5 N–H and O–H groups in total. The largest absolute Gasteiger partial charge is 0.457 e. The fourth-order valence-corrected chi connectivity index (χ4v) is 2.19. The average Bonchev–Trinajstić information content (AvgIpc) is 2.55. The number of nitrogens with two attached hydrogens (primary N) is 2. The molecule has 24 heavy (non-hydrogen) atoms. The summed E-state index contributed by atoms with van der Waals surface area (Å²) in [4.78, 5) is 7.58. The molecule has 120 valence electrons. The number of hydrogen-bond donors (Lipinski definition) is 3. The van der Waals surface area contributed by atoms with Crippen molar-refractivity contribution in [1.29, 1.82) is 5.41 Å². The third kappa shape index (κ3) is 3.00. The Kier molecular flexibility index (Phi) is 4.07. The van der Waals surface area contributed by atoms with Gasteiger partial charge in [-0.25, -0.2) is 14.4 Å². The minimum absolute atomic E-state index is 0.0245. The van der Waals surface area contributed by atoms with E-state index < -0.39 is 5.82 Å². The molecule has 0 spiro atoms. The van der Waals surface area contributed by atoms with Crippen molar-refractivity contribution >= 4 is 17.3 Å². The maximum atomic E-state index is 14.4. The second kappa shape index (κ2) is 6.33. The Balaban J connectivity index is 1.91. The van der Waals surface area contributed by atoms with Crippen molar-refractivity contribution in [3.63, 3.8) is 0 Å². The summed E-state index contributed by atoms with van der Waals surface area (Å²) in [5, 5.41) is 8.16. The van der Waals surface area contributed by atoms with E-state index in [2.05, 4.69) is 9.97 Å². The first kappa shape index (κ1) is 15.4. The van der Waals surface area contributed by atoms with Gasteiger partial charge in [-0.15, -0.1) is 0 Å². The highest BCUT2D eigenvalue weighted by atomic mass is 19.1. The van der Waals surface area contributed by atoms with Crippen LogP contribution < -0.4 is 16.2 Å². The topological polar surface area (TPSA) is 111 Å². The van der Waals surface area contributed by atoms with E-state index in [1.807, 2.05) is 18.2 Å². The fourth-order valence-electron chi connectivity index (χ4n) is 2.19. The number of anilines is 2. The Labute approximate surface area is 137 Å². The van der Waals surface area contributed by atoms with Gasteiger partial charge in [-0.3, -0.25) is 5.41 Å². The van der Waals surface area contributed by atoms with Crippen LogP contribution in [0.5, 0.6) is 11.5 Å². The van der Waals surface area contributed by atoms with Crippen molar-refractivity contribution in [2.45, 2.75) is 0 Å². The summed E-state index contributed by atoms with van der Waals surface area (Å²) in [7, 11) is 0. The molecule has 0 aliphatic heterocycles. The minimum atomic E-state index is -0.629. The molecule has 0 aliphatic rings. The van der Waals surface area contributed by atoms with E-state index in [0.29, 0.717) is 11.5 Å². The SMILES string of the molecule is N=C(c1ccc(Oc2ccccc2)cc1F)c1c(N)ncnc1N. The lowest BCUT2D eigenvalue weighted by Crippen LogP contribution is -2.13. The molecule has 3 aromatic rings. The number of nitrogen functional groups attached to an aromatic ring is 2. The van der Waals surface area contributed by atoms with Gasteiger partial charge in [-0.05, 0) is 24.3 Å². The molecule has 1 aromatic heterocycles. The van der Waals surface area contributed by atoms with Crippen LogP contribution in [0, 0.1) is 11.2 Å². The number of hydrogen-bond acceptors (Lipinski definition) is 6. The third-order valence-corrected chi connectivity index (χ3v) is 3.34. The van der Waals surface area contributed by atoms with Crippen molar-refractivity contribution in [3.05, 3.63) is 71.8 Å². The maximum Gasteiger partial charge on any atom is 0.138 e. The van der Waals surface area contributed by atoms with Gasteiger partial charge in [0.25, 0.3) is 0 Å². The normalized spacial score (nSPS) is 10.4. The van der Waals surface area contributed by atoms with Crippen molar-refractivity contribution in [2.24, 2.45) is 0 Å². The summed E-state index contributed by atoms with van der Waals surface area (Å²) in [6.45, 7) is 0. The highest BCUT2D eigenvalue weighted by Crippen LogP contribution is 2.26. The van der Waals surface area contributed by atoms with Crippen LogP contribution in [-0.2, 0) is 0 Å². The van der Waals surface area contributed by atoms with E-state index in [0.717, 1.165) is 0 Å². The second-order valence-electron chi connectivity index (χ2n) is 4.95. The molecule has 0 amide bonds. The predicted molar refractivity (Wildman–Crippen MR) is 89.7 cm³/mol. The molecule has 7 heteroatoms. The molecule has 0 fully saturated rings. The summed E-state index contributed by atoms with van der Waals surface area (Å²) in [6.07, 6.45) is 1.19. The highest BCUT2D eigenvalue weighted by molar-refractivity contribution is 6.16. The summed E-state index contributed by atoms with van der Waals surface area (Å²) >= 11 is 0.